The van der Waals surface area contributed by atoms with Gasteiger partial charge in [-0.25, -0.2) is 8.42 Å². The van der Waals surface area contributed by atoms with E-state index in [1.807, 2.05) is 43.3 Å². The molecule has 4 rings (SSSR count). The molecule has 4 aromatic rings. The van der Waals surface area contributed by atoms with Crippen LogP contribution in [-0.4, -0.2) is 28.4 Å². The fourth-order valence-electron chi connectivity index (χ4n) is 3.56. The average Bonchev–Trinajstić information content (AvgIpc) is 2.71. The van der Waals surface area contributed by atoms with E-state index in [1.165, 1.54) is 0 Å². The first-order chi connectivity index (χ1) is 14.3. The molecule has 0 bridgehead atoms. The summed E-state index contributed by atoms with van der Waals surface area (Å²) in [5.41, 5.74) is 7.11. The zero-order valence-electron chi connectivity index (χ0n) is 16.6. The highest BCUT2D eigenvalue weighted by atomic mass is 32.2. The number of fused-ring (bicyclic) bond motifs is 2. The Morgan fingerprint density at radius 1 is 0.867 bits per heavy atom. The first-order valence-electron chi connectivity index (χ1n) is 9.32. The van der Waals surface area contributed by atoms with Crippen LogP contribution in [0.15, 0.2) is 77.7 Å². The van der Waals surface area contributed by atoms with Crippen molar-refractivity contribution in [2.75, 3.05) is 23.7 Å². The predicted octanol–water partition coefficient (Wildman–Crippen LogP) is 3.96. The van der Waals surface area contributed by atoms with Gasteiger partial charge in [0.1, 0.15) is 0 Å². The molecule has 0 saturated carbocycles. The molecule has 152 valence electrons. The first-order valence-corrected chi connectivity index (χ1v) is 10.8. The number of hydrogen-bond donors (Lipinski definition) is 2. The molecular weight excluding hydrogens is 398 g/mol. The van der Waals surface area contributed by atoms with Gasteiger partial charge in [0.2, 0.25) is 5.91 Å². The molecule has 30 heavy (non-hydrogen) atoms. The van der Waals surface area contributed by atoms with Crippen LogP contribution in [0.3, 0.4) is 0 Å². The van der Waals surface area contributed by atoms with Gasteiger partial charge in [-0.1, -0.05) is 36.4 Å². The number of primary amides is 1. The molecule has 3 N–H and O–H groups in total. The number of anilines is 2. The predicted molar refractivity (Wildman–Crippen MR) is 122 cm³/mol. The van der Waals surface area contributed by atoms with E-state index < -0.39 is 15.9 Å². The van der Waals surface area contributed by atoms with Gasteiger partial charge in [-0.3, -0.25) is 9.52 Å². The molecule has 0 fully saturated rings. The quantitative estimate of drug-likeness (QED) is 0.512. The van der Waals surface area contributed by atoms with Crippen LogP contribution < -0.4 is 15.4 Å². The fourth-order valence-corrected chi connectivity index (χ4v) is 4.83. The molecule has 0 radical (unpaired) electrons. The summed E-state index contributed by atoms with van der Waals surface area (Å²) in [4.78, 5) is 13.5. The van der Waals surface area contributed by atoms with Crippen LogP contribution in [0, 0.1) is 0 Å². The van der Waals surface area contributed by atoms with E-state index >= 15 is 0 Å². The lowest BCUT2D eigenvalue weighted by molar-refractivity contribution is 0.100. The van der Waals surface area contributed by atoms with Gasteiger partial charge in [0.05, 0.1) is 4.90 Å². The van der Waals surface area contributed by atoms with Gasteiger partial charge in [0, 0.05) is 41.8 Å². The summed E-state index contributed by atoms with van der Waals surface area (Å²) in [6.07, 6.45) is 0. The van der Waals surface area contributed by atoms with Crippen LogP contribution in [-0.2, 0) is 10.0 Å². The Morgan fingerprint density at radius 2 is 1.53 bits per heavy atom. The highest BCUT2D eigenvalue weighted by Gasteiger charge is 2.19. The third-order valence-electron chi connectivity index (χ3n) is 5.01. The smallest absolute Gasteiger partial charge is 0.262 e. The Labute approximate surface area is 175 Å². The molecular formula is C23H21N3O3S. The van der Waals surface area contributed by atoms with Crippen LogP contribution >= 0.6 is 0 Å². The maximum Gasteiger partial charge on any atom is 0.262 e. The number of carbonyl (C=O) groups excluding carboxylic acids is 1. The summed E-state index contributed by atoms with van der Waals surface area (Å²) in [5, 5.41) is 3.12. The van der Waals surface area contributed by atoms with Crippen LogP contribution in [0.5, 0.6) is 0 Å². The minimum absolute atomic E-state index is 0.216. The highest BCUT2D eigenvalue weighted by Crippen LogP contribution is 2.31. The Hall–Kier alpha value is -3.58. The van der Waals surface area contributed by atoms with Crippen molar-refractivity contribution in [2.24, 2.45) is 5.73 Å². The number of amides is 1. The molecule has 4 aromatic carbocycles. The first kappa shape index (κ1) is 19.7. The van der Waals surface area contributed by atoms with Crippen molar-refractivity contribution < 1.29 is 13.2 Å². The SMILES string of the molecule is CN(C)c1cccc2c(S(=O)(=O)Nc3ccc4cc(C(N)=O)ccc4c3)cccc12. The third kappa shape index (κ3) is 3.55. The van der Waals surface area contributed by atoms with E-state index in [2.05, 4.69) is 4.72 Å². The van der Waals surface area contributed by atoms with Crippen LogP contribution in [0.4, 0.5) is 11.4 Å². The van der Waals surface area contributed by atoms with Gasteiger partial charge in [-0.05, 0) is 47.2 Å². The summed E-state index contributed by atoms with van der Waals surface area (Å²) in [6, 6.07) is 21.1. The molecule has 0 atom stereocenters. The van der Waals surface area contributed by atoms with Gasteiger partial charge in [0.15, 0.2) is 0 Å². The van der Waals surface area contributed by atoms with Crippen molar-refractivity contribution in [2.45, 2.75) is 4.90 Å². The van der Waals surface area contributed by atoms with Crippen molar-refractivity contribution in [3.63, 3.8) is 0 Å². The number of nitrogens with zero attached hydrogens (tertiary/aromatic N) is 1. The van der Waals surface area contributed by atoms with Gasteiger partial charge in [-0.15, -0.1) is 0 Å². The van der Waals surface area contributed by atoms with E-state index in [1.54, 1.807) is 48.5 Å². The lowest BCUT2D eigenvalue weighted by Crippen LogP contribution is -2.14. The molecule has 1 amide bonds. The minimum Gasteiger partial charge on any atom is -0.377 e. The number of carbonyl (C=O) groups is 1. The normalized spacial score (nSPS) is 11.5. The summed E-state index contributed by atoms with van der Waals surface area (Å²) in [5.74, 6) is -0.505. The van der Waals surface area contributed by atoms with E-state index in [9.17, 15) is 13.2 Å². The number of hydrogen-bond acceptors (Lipinski definition) is 4. The lowest BCUT2D eigenvalue weighted by Gasteiger charge is -2.17. The van der Waals surface area contributed by atoms with Gasteiger partial charge >= 0.3 is 0 Å². The molecule has 0 aliphatic carbocycles. The molecule has 7 heteroatoms. The molecule has 0 unspecified atom stereocenters. The maximum absolute atomic E-state index is 13.2. The Bertz CT molecular complexity index is 1400. The summed E-state index contributed by atoms with van der Waals surface area (Å²) in [7, 11) is 0.0318. The molecule has 0 aliphatic rings. The largest absolute Gasteiger partial charge is 0.377 e. The highest BCUT2D eigenvalue weighted by molar-refractivity contribution is 7.93. The zero-order valence-corrected chi connectivity index (χ0v) is 17.4. The zero-order chi connectivity index (χ0) is 21.5. The Morgan fingerprint density at radius 3 is 2.27 bits per heavy atom. The number of nitrogens with two attached hydrogens (primary N) is 1. The van der Waals surface area contributed by atoms with Crippen molar-refractivity contribution in [1.82, 2.24) is 0 Å². The summed E-state index contributed by atoms with van der Waals surface area (Å²) < 4.78 is 29.1. The molecule has 0 heterocycles. The van der Waals surface area contributed by atoms with E-state index in [0.717, 1.165) is 21.8 Å². The van der Waals surface area contributed by atoms with Gasteiger partial charge in [0.25, 0.3) is 10.0 Å². The van der Waals surface area contributed by atoms with Crippen molar-refractivity contribution in [3.05, 3.63) is 78.4 Å². The molecule has 0 aliphatic heterocycles. The van der Waals surface area contributed by atoms with E-state index in [0.29, 0.717) is 16.6 Å². The molecule has 6 nitrogen and oxygen atoms in total. The number of rotatable bonds is 5. The van der Waals surface area contributed by atoms with Crippen molar-refractivity contribution in [1.29, 1.82) is 0 Å². The molecule has 0 aromatic heterocycles. The lowest BCUT2D eigenvalue weighted by atomic mass is 10.1. The van der Waals surface area contributed by atoms with Crippen molar-refractivity contribution >= 4 is 48.9 Å². The van der Waals surface area contributed by atoms with E-state index in [-0.39, 0.29) is 4.90 Å². The van der Waals surface area contributed by atoms with Crippen molar-refractivity contribution in [3.8, 4) is 0 Å². The summed E-state index contributed by atoms with van der Waals surface area (Å²) in [6.45, 7) is 0. The second-order valence-corrected chi connectivity index (χ2v) is 8.92. The molecule has 0 spiro atoms. The maximum atomic E-state index is 13.2. The third-order valence-corrected chi connectivity index (χ3v) is 6.45. The molecule has 0 saturated heterocycles. The standard InChI is InChI=1S/C23H21N3O3S/c1-26(2)21-7-3-6-20-19(21)5-4-8-22(20)30(28,29)25-18-12-11-15-13-17(23(24)27)10-9-16(15)14-18/h3-14,25H,1-2H3,(H2,24,27). The van der Waals surface area contributed by atoms with Crippen LogP contribution in [0.2, 0.25) is 0 Å². The fraction of sp³-hybridized carbons (Fsp3) is 0.0870. The minimum atomic E-state index is -3.82. The van der Waals surface area contributed by atoms with Crippen LogP contribution in [0.25, 0.3) is 21.5 Å². The van der Waals surface area contributed by atoms with Gasteiger partial charge < -0.3 is 10.6 Å². The Balaban J connectivity index is 1.75. The number of benzene rings is 4. The average molecular weight is 420 g/mol. The Kier molecular flexibility index (Phi) is 4.83. The second-order valence-electron chi connectivity index (χ2n) is 7.27. The van der Waals surface area contributed by atoms with E-state index in [4.69, 9.17) is 5.73 Å². The van der Waals surface area contributed by atoms with Crippen LogP contribution in [0.1, 0.15) is 10.4 Å². The monoisotopic (exact) mass is 419 g/mol. The second kappa shape index (κ2) is 7.35. The summed E-state index contributed by atoms with van der Waals surface area (Å²) >= 11 is 0. The topological polar surface area (TPSA) is 92.5 Å². The van der Waals surface area contributed by atoms with Gasteiger partial charge in [-0.2, -0.15) is 0 Å². The number of nitrogens with one attached hydrogen (secondary N) is 1. The number of sulfonamides is 1.